The van der Waals surface area contributed by atoms with Gasteiger partial charge in [-0.05, 0) is 24.1 Å². The van der Waals surface area contributed by atoms with Gasteiger partial charge in [0.15, 0.2) is 0 Å². The van der Waals surface area contributed by atoms with Crippen LogP contribution in [-0.2, 0) is 4.79 Å². The molecule has 1 aromatic rings. The van der Waals surface area contributed by atoms with Gasteiger partial charge in [0.2, 0.25) is 5.91 Å². The highest BCUT2D eigenvalue weighted by atomic mass is 16.2. The zero-order valence-electron chi connectivity index (χ0n) is 9.33. The SMILES string of the molecule is [N-]=[N+]=NCCCN1CC(=O)Nc2ccccc21. The van der Waals surface area contributed by atoms with E-state index in [1.165, 1.54) is 0 Å². The predicted molar refractivity (Wildman–Crippen MR) is 65.9 cm³/mol. The molecule has 1 aliphatic rings. The Morgan fingerprint density at radius 1 is 1.47 bits per heavy atom. The molecule has 88 valence electrons. The van der Waals surface area contributed by atoms with Gasteiger partial charge in [0.25, 0.3) is 0 Å². The van der Waals surface area contributed by atoms with Gasteiger partial charge in [-0.1, -0.05) is 17.2 Å². The number of benzene rings is 1. The summed E-state index contributed by atoms with van der Waals surface area (Å²) in [5.74, 6) is -0.00696. The molecular weight excluding hydrogens is 218 g/mol. The lowest BCUT2D eigenvalue weighted by Crippen LogP contribution is -2.38. The van der Waals surface area contributed by atoms with E-state index in [4.69, 9.17) is 5.53 Å². The molecule has 0 aliphatic carbocycles. The molecule has 0 saturated carbocycles. The molecule has 0 saturated heterocycles. The van der Waals surface area contributed by atoms with Gasteiger partial charge in [0, 0.05) is 18.0 Å². The molecule has 6 nitrogen and oxygen atoms in total. The molecule has 6 heteroatoms. The summed E-state index contributed by atoms with van der Waals surface area (Å²) < 4.78 is 0. The molecule has 17 heavy (non-hydrogen) atoms. The number of hydrogen-bond donors (Lipinski definition) is 1. The van der Waals surface area contributed by atoms with E-state index in [9.17, 15) is 4.79 Å². The molecule has 0 atom stereocenters. The van der Waals surface area contributed by atoms with E-state index >= 15 is 0 Å². The van der Waals surface area contributed by atoms with Gasteiger partial charge in [0.1, 0.15) is 0 Å². The topological polar surface area (TPSA) is 81.1 Å². The van der Waals surface area contributed by atoms with Crippen molar-refractivity contribution in [2.24, 2.45) is 5.11 Å². The number of rotatable bonds is 4. The van der Waals surface area contributed by atoms with Crippen molar-refractivity contribution in [2.45, 2.75) is 6.42 Å². The summed E-state index contributed by atoms with van der Waals surface area (Å²) in [6, 6.07) is 7.69. The zero-order chi connectivity index (χ0) is 12.1. The van der Waals surface area contributed by atoms with Gasteiger partial charge < -0.3 is 10.2 Å². The molecule has 0 unspecified atom stereocenters. The maximum Gasteiger partial charge on any atom is 0.243 e. The second kappa shape index (κ2) is 5.23. The third-order valence-electron chi connectivity index (χ3n) is 2.60. The first-order valence-corrected chi connectivity index (χ1v) is 5.46. The van der Waals surface area contributed by atoms with Crippen LogP contribution in [0.2, 0.25) is 0 Å². The molecule has 0 spiro atoms. The number of nitrogens with zero attached hydrogens (tertiary/aromatic N) is 4. The van der Waals surface area contributed by atoms with E-state index in [0.29, 0.717) is 19.6 Å². The zero-order valence-corrected chi connectivity index (χ0v) is 9.33. The number of para-hydroxylation sites is 2. The molecule has 1 aromatic carbocycles. The van der Waals surface area contributed by atoms with Crippen molar-refractivity contribution in [3.63, 3.8) is 0 Å². The number of amides is 1. The Hall–Kier alpha value is -2.20. The van der Waals surface area contributed by atoms with Crippen molar-refractivity contribution in [1.29, 1.82) is 0 Å². The number of carbonyl (C=O) groups is 1. The average Bonchev–Trinajstić information content (AvgIpc) is 2.34. The molecule has 0 radical (unpaired) electrons. The number of hydrogen-bond acceptors (Lipinski definition) is 3. The van der Waals surface area contributed by atoms with Gasteiger partial charge in [-0.2, -0.15) is 0 Å². The Morgan fingerprint density at radius 2 is 2.29 bits per heavy atom. The Morgan fingerprint density at radius 3 is 3.12 bits per heavy atom. The summed E-state index contributed by atoms with van der Waals surface area (Å²) in [4.78, 5) is 16.2. The highest BCUT2D eigenvalue weighted by molar-refractivity contribution is 6.01. The van der Waals surface area contributed by atoms with Crippen molar-refractivity contribution in [1.82, 2.24) is 0 Å². The fraction of sp³-hybridized carbons (Fsp3) is 0.364. The summed E-state index contributed by atoms with van der Waals surface area (Å²) in [5, 5.41) is 6.31. The van der Waals surface area contributed by atoms with Crippen LogP contribution in [0.15, 0.2) is 29.4 Å². The van der Waals surface area contributed by atoms with Crippen LogP contribution in [-0.4, -0.2) is 25.5 Å². The van der Waals surface area contributed by atoms with E-state index < -0.39 is 0 Å². The standard InChI is InChI=1S/C11H13N5O/c12-15-13-6-3-7-16-8-11(17)14-9-4-1-2-5-10(9)16/h1-2,4-5H,3,6-8H2,(H,14,17). The molecule has 0 aromatic heterocycles. The minimum Gasteiger partial charge on any atom is -0.361 e. The maximum atomic E-state index is 11.5. The third-order valence-corrected chi connectivity index (χ3v) is 2.60. The highest BCUT2D eigenvalue weighted by Gasteiger charge is 2.20. The predicted octanol–water partition coefficient (Wildman–Crippen LogP) is 2.15. The molecule has 1 N–H and O–H groups in total. The number of anilines is 2. The number of nitrogens with one attached hydrogen (secondary N) is 1. The summed E-state index contributed by atoms with van der Waals surface area (Å²) >= 11 is 0. The van der Waals surface area contributed by atoms with Crippen molar-refractivity contribution in [2.75, 3.05) is 29.9 Å². The van der Waals surface area contributed by atoms with Gasteiger partial charge in [-0.3, -0.25) is 4.79 Å². The van der Waals surface area contributed by atoms with E-state index in [2.05, 4.69) is 15.3 Å². The van der Waals surface area contributed by atoms with Gasteiger partial charge in [-0.15, -0.1) is 0 Å². The van der Waals surface area contributed by atoms with Crippen molar-refractivity contribution >= 4 is 17.3 Å². The van der Waals surface area contributed by atoms with Crippen molar-refractivity contribution < 1.29 is 4.79 Å². The second-order valence-corrected chi connectivity index (χ2v) is 3.79. The number of fused-ring (bicyclic) bond motifs is 1. The van der Waals surface area contributed by atoms with Crippen LogP contribution in [0.4, 0.5) is 11.4 Å². The smallest absolute Gasteiger partial charge is 0.243 e. The summed E-state index contributed by atoms with van der Waals surface area (Å²) in [5.41, 5.74) is 10.0. The van der Waals surface area contributed by atoms with E-state index in [-0.39, 0.29) is 5.91 Å². The largest absolute Gasteiger partial charge is 0.361 e. The van der Waals surface area contributed by atoms with Crippen LogP contribution in [0.3, 0.4) is 0 Å². The lowest BCUT2D eigenvalue weighted by Gasteiger charge is -2.30. The molecule has 0 fully saturated rings. The molecular formula is C11H13N5O. The Bertz CT molecular complexity index is 467. The van der Waals surface area contributed by atoms with E-state index in [0.717, 1.165) is 17.8 Å². The second-order valence-electron chi connectivity index (χ2n) is 3.79. The molecule has 2 rings (SSSR count). The quantitative estimate of drug-likeness (QED) is 0.373. The van der Waals surface area contributed by atoms with Crippen molar-refractivity contribution in [3.05, 3.63) is 34.7 Å². The summed E-state index contributed by atoms with van der Waals surface area (Å²) in [6.07, 6.45) is 0.742. The van der Waals surface area contributed by atoms with Crippen LogP contribution in [0.25, 0.3) is 10.4 Å². The summed E-state index contributed by atoms with van der Waals surface area (Å²) in [7, 11) is 0. The molecule has 0 bridgehead atoms. The van der Waals surface area contributed by atoms with Crippen molar-refractivity contribution in [3.8, 4) is 0 Å². The maximum absolute atomic E-state index is 11.5. The monoisotopic (exact) mass is 231 g/mol. The minimum atomic E-state index is -0.00696. The van der Waals surface area contributed by atoms with Crippen LogP contribution in [0, 0.1) is 0 Å². The highest BCUT2D eigenvalue weighted by Crippen LogP contribution is 2.28. The first-order valence-electron chi connectivity index (χ1n) is 5.46. The third kappa shape index (κ3) is 2.68. The molecule has 1 heterocycles. The average molecular weight is 231 g/mol. The van der Waals surface area contributed by atoms with Crippen LogP contribution < -0.4 is 10.2 Å². The lowest BCUT2D eigenvalue weighted by molar-refractivity contribution is -0.115. The van der Waals surface area contributed by atoms with Gasteiger partial charge in [-0.25, -0.2) is 0 Å². The fourth-order valence-corrected chi connectivity index (χ4v) is 1.88. The Labute approximate surface area is 98.9 Å². The van der Waals surface area contributed by atoms with Crippen LogP contribution in [0.1, 0.15) is 6.42 Å². The fourth-order valence-electron chi connectivity index (χ4n) is 1.88. The Balaban J connectivity index is 2.07. The van der Waals surface area contributed by atoms with Gasteiger partial charge >= 0.3 is 0 Å². The molecule has 1 amide bonds. The first-order chi connectivity index (χ1) is 8.31. The van der Waals surface area contributed by atoms with E-state index in [1.54, 1.807) is 0 Å². The summed E-state index contributed by atoms with van der Waals surface area (Å²) in [6.45, 7) is 1.52. The minimum absolute atomic E-state index is 0.00696. The van der Waals surface area contributed by atoms with Gasteiger partial charge in [0.05, 0.1) is 17.9 Å². The normalized spacial score (nSPS) is 13.6. The first kappa shape index (κ1) is 11.3. The molecule has 1 aliphatic heterocycles. The van der Waals surface area contributed by atoms with E-state index in [1.807, 2.05) is 29.2 Å². The van der Waals surface area contributed by atoms with Crippen LogP contribution in [0.5, 0.6) is 0 Å². The number of azide groups is 1. The lowest BCUT2D eigenvalue weighted by atomic mass is 10.2. The number of carbonyl (C=O) groups excluding carboxylic acids is 1. The Kier molecular flexibility index (Phi) is 3.47. The van der Waals surface area contributed by atoms with Crippen LogP contribution >= 0.6 is 0 Å².